The minimum Gasteiger partial charge on any atom is -0.160 e. The Hall–Kier alpha value is 1.12. The molecule has 0 fully saturated rings. The zero-order chi connectivity index (χ0) is 6.57. The highest BCUT2D eigenvalue weighted by Crippen LogP contribution is 2.18. The van der Waals surface area contributed by atoms with E-state index < -0.39 is 0 Å². The zero-order valence-corrected chi connectivity index (χ0v) is 8.18. The molecule has 50 valence electrons. The number of hydrogen-bond acceptors (Lipinski definition) is 1. The van der Waals surface area contributed by atoms with Crippen LogP contribution in [0.3, 0.4) is 0 Å². The maximum atomic E-state index is 5.61. The number of halogens is 2. The molecule has 0 spiro atoms. The van der Waals surface area contributed by atoms with Crippen molar-refractivity contribution in [3.05, 3.63) is 0 Å². The summed E-state index contributed by atoms with van der Waals surface area (Å²) >= 11 is 10.9. The highest BCUT2D eigenvalue weighted by atomic mass is 79.9. The first-order valence-electron chi connectivity index (χ1n) is 2.45. The highest BCUT2D eigenvalue weighted by molar-refractivity contribution is 9.09. The van der Waals surface area contributed by atoms with E-state index in [0.29, 0.717) is 10.1 Å². The predicted octanol–water partition coefficient (Wildman–Crippen LogP) is 2.74. The summed E-state index contributed by atoms with van der Waals surface area (Å²) in [6.45, 7) is 2.11. The first-order chi connectivity index (χ1) is 3.72. The number of rotatable bonds is 3. The van der Waals surface area contributed by atoms with Crippen molar-refractivity contribution in [3.63, 3.8) is 0 Å². The molecule has 1 unspecified atom stereocenters. The van der Waals surface area contributed by atoms with Gasteiger partial charge in [0.1, 0.15) is 0 Å². The van der Waals surface area contributed by atoms with Crippen LogP contribution >= 0.6 is 39.3 Å². The largest absolute Gasteiger partial charge is 0.160 e. The minimum atomic E-state index is 0.523. The molecule has 0 bridgehead atoms. The fourth-order valence-electron chi connectivity index (χ4n) is 0.373. The van der Waals surface area contributed by atoms with Crippen LogP contribution in [-0.4, -0.2) is 22.2 Å². The lowest BCUT2D eigenvalue weighted by molar-refractivity contribution is 0.952. The summed E-state index contributed by atoms with van der Waals surface area (Å²) in [5.41, 5.74) is 0. The summed E-state index contributed by atoms with van der Waals surface area (Å²) in [4.78, 5) is 0.523. The van der Waals surface area contributed by atoms with Gasteiger partial charge in [0.15, 0.2) is 0 Å². The van der Waals surface area contributed by atoms with Crippen LogP contribution in [0.1, 0.15) is 6.92 Å². The van der Waals surface area contributed by atoms with Crippen molar-refractivity contribution in [2.45, 2.75) is 17.0 Å². The van der Waals surface area contributed by atoms with E-state index in [9.17, 15) is 0 Å². The third kappa shape index (κ3) is 3.21. The van der Waals surface area contributed by atoms with Gasteiger partial charge in [0.2, 0.25) is 0 Å². The molecule has 0 radical (unpaired) electrons. The summed E-state index contributed by atoms with van der Waals surface area (Å²) in [6.07, 6.45) is 2.07. The lowest BCUT2D eigenvalue weighted by Crippen LogP contribution is -2.14. The number of hydrogen-bond donors (Lipinski definition) is 0. The van der Waals surface area contributed by atoms with E-state index in [1.165, 1.54) is 0 Å². The minimum absolute atomic E-state index is 0.523. The molecule has 0 aliphatic rings. The van der Waals surface area contributed by atoms with Crippen LogP contribution in [0.25, 0.3) is 0 Å². The summed E-state index contributed by atoms with van der Waals surface area (Å²) in [5, 5.41) is 0.552. The maximum absolute atomic E-state index is 5.61. The van der Waals surface area contributed by atoms with Gasteiger partial charge in [0.05, 0.1) is 0 Å². The first-order valence-corrected chi connectivity index (χ1v) is 5.19. The lowest BCUT2D eigenvalue weighted by atomic mass is 10.4. The Morgan fingerprint density at radius 2 is 2.25 bits per heavy atom. The topological polar surface area (TPSA) is 0 Å². The van der Waals surface area contributed by atoms with Gasteiger partial charge in [-0.25, -0.2) is 0 Å². The van der Waals surface area contributed by atoms with Crippen LogP contribution in [0.15, 0.2) is 0 Å². The summed E-state index contributed by atoms with van der Waals surface area (Å²) in [7, 11) is 0. The molecule has 0 aliphatic carbocycles. The average Bonchev–Trinajstić information content (AvgIpc) is 1.69. The molecule has 0 heterocycles. The quantitative estimate of drug-likeness (QED) is 0.655. The fourth-order valence-corrected chi connectivity index (χ4v) is 2.57. The van der Waals surface area contributed by atoms with Gasteiger partial charge in [-0.05, 0) is 6.26 Å². The second-order valence-electron chi connectivity index (χ2n) is 1.61. The average molecular weight is 218 g/mol. The SMILES string of the molecule is CSC(CCl)[C@H](C)Br. The molecule has 2 atom stereocenters. The molecule has 0 N–H and O–H groups in total. The van der Waals surface area contributed by atoms with Crippen molar-refractivity contribution in [1.82, 2.24) is 0 Å². The Balaban J connectivity index is 3.35. The van der Waals surface area contributed by atoms with Crippen molar-refractivity contribution in [3.8, 4) is 0 Å². The molecular formula is C5H10BrClS. The molecule has 0 amide bonds. The van der Waals surface area contributed by atoms with E-state index in [1.807, 2.05) is 0 Å². The van der Waals surface area contributed by atoms with Crippen LogP contribution in [-0.2, 0) is 0 Å². The van der Waals surface area contributed by atoms with Crippen LogP contribution in [0, 0.1) is 0 Å². The van der Waals surface area contributed by atoms with E-state index >= 15 is 0 Å². The van der Waals surface area contributed by atoms with Crippen molar-refractivity contribution < 1.29 is 0 Å². The fraction of sp³-hybridized carbons (Fsp3) is 1.00. The van der Waals surface area contributed by atoms with E-state index in [1.54, 1.807) is 11.8 Å². The van der Waals surface area contributed by atoms with Crippen LogP contribution in [0.4, 0.5) is 0 Å². The van der Waals surface area contributed by atoms with Crippen molar-refractivity contribution in [2.24, 2.45) is 0 Å². The zero-order valence-electron chi connectivity index (χ0n) is 5.03. The molecule has 0 aliphatic heterocycles. The Bertz CT molecular complexity index is 54.4. The van der Waals surface area contributed by atoms with Gasteiger partial charge in [-0.1, -0.05) is 22.9 Å². The third-order valence-corrected chi connectivity index (χ3v) is 3.65. The van der Waals surface area contributed by atoms with Crippen LogP contribution in [0.2, 0.25) is 0 Å². The second-order valence-corrected chi connectivity index (χ2v) is 4.44. The molecule has 0 nitrogen and oxygen atoms in total. The highest BCUT2D eigenvalue weighted by Gasteiger charge is 2.10. The van der Waals surface area contributed by atoms with Gasteiger partial charge in [-0.3, -0.25) is 0 Å². The van der Waals surface area contributed by atoms with E-state index in [2.05, 4.69) is 29.1 Å². The van der Waals surface area contributed by atoms with Gasteiger partial charge in [0, 0.05) is 16.0 Å². The standard InChI is InChI=1S/C5H10BrClS/c1-4(6)5(3-7)8-2/h4-5H,3H2,1-2H3/t4-,5?/m0/s1. The van der Waals surface area contributed by atoms with E-state index in [4.69, 9.17) is 11.6 Å². The van der Waals surface area contributed by atoms with Gasteiger partial charge in [-0.15, -0.1) is 11.6 Å². The van der Waals surface area contributed by atoms with Crippen molar-refractivity contribution >= 4 is 39.3 Å². The Kier molecular flexibility index (Phi) is 5.64. The van der Waals surface area contributed by atoms with Gasteiger partial charge in [-0.2, -0.15) is 11.8 Å². The van der Waals surface area contributed by atoms with Gasteiger partial charge >= 0.3 is 0 Å². The van der Waals surface area contributed by atoms with E-state index in [-0.39, 0.29) is 0 Å². The summed E-state index contributed by atoms with van der Waals surface area (Å²) < 4.78 is 0. The monoisotopic (exact) mass is 216 g/mol. The molecule has 3 heteroatoms. The van der Waals surface area contributed by atoms with Crippen molar-refractivity contribution in [1.29, 1.82) is 0 Å². The maximum Gasteiger partial charge on any atom is 0.0353 e. The van der Waals surface area contributed by atoms with Gasteiger partial charge in [0.25, 0.3) is 0 Å². The molecule has 0 aromatic heterocycles. The summed E-state index contributed by atoms with van der Waals surface area (Å²) in [6, 6.07) is 0. The molecular weight excluding hydrogens is 207 g/mol. The first kappa shape index (κ1) is 9.12. The van der Waals surface area contributed by atoms with Crippen LogP contribution < -0.4 is 0 Å². The molecule has 8 heavy (non-hydrogen) atoms. The molecule has 0 saturated heterocycles. The molecule has 0 saturated carbocycles. The predicted molar refractivity (Wildman–Crippen MR) is 46.4 cm³/mol. The smallest absolute Gasteiger partial charge is 0.0353 e. The molecule has 0 rings (SSSR count). The normalized spacial score (nSPS) is 18.0. The van der Waals surface area contributed by atoms with Crippen molar-refractivity contribution in [2.75, 3.05) is 12.1 Å². The number of thioether (sulfide) groups is 1. The Morgan fingerprint density at radius 1 is 1.75 bits per heavy atom. The van der Waals surface area contributed by atoms with E-state index in [0.717, 1.165) is 5.88 Å². The second kappa shape index (κ2) is 4.95. The van der Waals surface area contributed by atoms with Gasteiger partial charge < -0.3 is 0 Å². The Labute approximate surface area is 68.5 Å². The van der Waals surface area contributed by atoms with Crippen LogP contribution in [0.5, 0.6) is 0 Å². The molecule has 0 aromatic rings. The Morgan fingerprint density at radius 3 is 2.25 bits per heavy atom. The third-order valence-electron chi connectivity index (χ3n) is 0.967. The lowest BCUT2D eigenvalue weighted by Gasteiger charge is -2.11. The summed E-state index contributed by atoms with van der Waals surface area (Å²) in [5.74, 6) is 0.730. The molecule has 0 aromatic carbocycles. The number of alkyl halides is 2.